The van der Waals surface area contributed by atoms with Gasteiger partial charge in [0.2, 0.25) is 0 Å². The number of halogens is 1. The number of hydrogen-bond acceptors (Lipinski definition) is 3. The van der Waals surface area contributed by atoms with Crippen molar-refractivity contribution in [1.82, 2.24) is 10.2 Å². The smallest absolute Gasteiger partial charge is 0.121 e. The van der Waals surface area contributed by atoms with Crippen LogP contribution in [0.4, 0.5) is 0 Å². The van der Waals surface area contributed by atoms with Crippen molar-refractivity contribution < 1.29 is 4.74 Å². The van der Waals surface area contributed by atoms with E-state index in [9.17, 15) is 0 Å². The highest BCUT2D eigenvalue weighted by Gasteiger charge is 2.13. The zero-order chi connectivity index (χ0) is 12.1. The minimum absolute atomic E-state index is 0.187. The minimum atomic E-state index is 0.187. The van der Waals surface area contributed by atoms with Crippen molar-refractivity contribution >= 4 is 11.6 Å². The van der Waals surface area contributed by atoms with Gasteiger partial charge in [-0.3, -0.25) is 4.90 Å². The highest BCUT2D eigenvalue weighted by molar-refractivity contribution is 6.30. The Hall–Kier alpha value is -0.770. The molecule has 17 heavy (non-hydrogen) atoms. The molecule has 0 aliphatic carbocycles. The Labute approximate surface area is 108 Å². The number of benzene rings is 1. The summed E-state index contributed by atoms with van der Waals surface area (Å²) < 4.78 is 5.85. The van der Waals surface area contributed by atoms with Crippen LogP contribution in [0.3, 0.4) is 0 Å². The molecule has 1 unspecified atom stereocenters. The number of piperazine rings is 1. The Bertz CT molecular complexity index is 353. The molecule has 2 rings (SSSR count). The zero-order valence-corrected chi connectivity index (χ0v) is 10.9. The molecule has 1 aromatic carbocycles. The van der Waals surface area contributed by atoms with E-state index in [1.807, 2.05) is 24.3 Å². The van der Waals surface area contributed by atoms with Gasteiger partial charge in [0.1, 0.15) is 11.9 Å². The van der Waals surface area contributed by atoms with E-state index in [1.54, 1.807) is 0 Å². The van der Waals surface area contributed by atoms with Gasteiger partial charge in [0.25, 0.3) is 0 Å². The normalized spacial score (nSPS) is 18.9. The number of nitrogens with zero attached hydrogens (tertiary/aromatic N) is 1. The maximum absolute atomic E-state index is 5.92. The van der Waals surface area contributed by atoms with Crippen molar-refractivity contribution in [3.8, 4) is 5.75 Å². The molecule has 94 valence electrons. The SMILES string of the molecule is CC(CN1CCNCC1)Oc1cccc(Cl)c1. The lowest BCUT2D eigenvalue weighted by molar-refractivity contribution is 0.135. The molecule has 0 saturated carbocycles. The van der Waals surface area contributed by atoms with E-state index in [4.69, 9.17) is 16.3 Å². The second-order valence-corrected chi connectivity index (χ2v) is 4.87. The molecule has 0 aromatic heterocycles. The first kappa shape index (κ1) is 12.7. The van der Waals surface area contributed by atoms with E-state index in [1.165, 1.54) is 0 Å². The summed E-state index contributed by atoms with van der Waals surface area (Å²) in [4.78, 5) is 2.42. The van der Waals surface area contributed by atoms with Gasteiger partial charge >= 0.3 is 0 Å². The summed E-state index contributed by atoms with van der Waals surface area (Å²) in [5.41, 5.74) is 0. The monoisotopic (exact) mass is 254 g/mol. The molecule has 1 heterocycles. The first-order valence-corrected chi connectivity index (χ1v) is 6.47. The summed E-state index contributed by atoms with van der Waals surface area (Å²) in [5, 5.41) is 4.06. The van der Waals surface area contributed by atoms with Crippen LogP contribution in [0.2, 0.25) is 5.02 Å². The van der Waals surface area contributed by atoms with Gasteiger partial charge in [0, 0.05) is 37.7 Å². The van der Waals surface area contributed by atoms with Gasteiger partial charge in [0.15, 0.2) is 0 Å². The molecule has 1 fully saturated rings. The van der Waals surface area contributed by atoms with Crippen LogP contribution in [0.25, 0.3) is 0 Å². The lowest BCUT2D eigenvalue weighted by atomic mass is 10.3. The third-order valence-electron chi connectivity index (χ3n) is 2.86. The molecule has 0 radical (unpaired) electrons. The maximum Gasteiger partial charge on any atom is 0.121 e. The lowest BCUT2D eigenvalue weighted by Gasteiger charge is -2.29. The van der Waals surface area contributed by atoms with E-state index in [2.05, 4.69) is 17.1 Å². The predicted molar refractivity (Wildman–Crippen MR) is 70.9 cm³/mol. The topological polar surface area (TPSA) is 24.5 Å². The van der Waals surface area contributed by atoms with Crippen molar-refractivity contribution in [1.29, 1.82) is 0 Å². The van der Waals surface area contributed by atoms with Crippen molar-refractivity contribution in [3.05, 3.63) is 29.3 Å². The quantitative estimate of drug-likeness (QED) is 0.890. The van der Waals surface area contributed by atoms with Crippen LogP contribution in [0.5, 0.6) is 5.75 Å². The molecule has 1 aromatic rings. The minimum Gasteiger partial charge on any atom is -0.489 e. The highest BCUT2D eigenvalue weighted by atomic mass is 35.5. The van der Waals surface area contributed by atoms with Crippen LogP contribution in [-0.2, 0) is 0 Å². The molecule has 0 amide bonds. The Kier molecular flexibility index (Phi) is 4.66. The molecule has 4 heteroatoms. The average molecular weight is 255 g/mol. The van der Waals surface area contributed by atoms with Crippen LogP contribution in [0, 0.1) is 0 Å². The third kappa shape index (κ3) is 4.19. The largest absolute Gasteiger partial charge is 0.489 e. The summed E-state index contributed by atoms with van der Waals surface area (Å²) in [6, 6.07) is 7.57. The Morgan fingerprint density at radius 1 is 1.41 bits per heavy atom. The molecule has 1 atom stereocenters. The Morgan fingerprint density at radius 2 is 2.18 bits per heavy atom. The Morgan fingerprint density at radius 3 is 2.88 bits per heavy atom. The fourth-order valence-electron chi connectivity index (χ4n) is 2.07. The lowest BCUT2D eigenvalue weighted by Crippen LogP contribution is -2.46. The van der Waals surface area contributed by atoms with E-state index in [-0.39, 0.29) is 6.10 Å². The van der Waals surface area contributed by atoms with Crippen LogP contribution in [-0.4, -0.2) is 43.7 Å². The summed E-state index contributed by atoms with van der Waals surface area (Å²) in [6.45, 7) is 7.41. The molecular weight excluding hydrogens is 236 g/mol. The molecule has 1 N–H and O–H groups in total. The average Bonchev–Trinajstić information content (AvgIpc) is 2.30. The molecule has 0 bridgehead atoms. The standard InChI is InChI=1S/C13H19ClN2O/c1-11(10-16-7-5-15-6-8-16)17-13-4-2-3-12(14)9-13/h2-4,9,11,15H,5-8,10H2,1H3. The van der Waals surface area contributed by atoms with Gasteiger partial charge in [-0.05, 0) is 25.1 Å². The van der Waals surface area contributed by atoms with E-state index >= 15 is 0 Å². The number of nitrogens with one attached hydrogen (secondary N) is 1. The van der Waals surface area contributed by atoms with Gasteiger partial charge in [0.05, 0.1) is 0 Å². The van der Waals surface area contributed by atoms with Crippen LogP contribution >= 0.6 is 11.6 Å². The Balaban J connectivity index is 1.82. The van der Waals surface area contributed by atoms with Crippen molar-refractivity contribution in [2.45, 2.75) is 13.0 Å². The fraction of sp³-hybridized carbons (Fsp3) is 0.538. The summed E-state index contributed by atoms with van der Waals surface area (Å²) in [5.74, 6) is 0.847. The summed E-state index contributed by atoms with van der Waals surface area (Å²) >= 11 is 5.92. The predicted octanol–water partition coefficient (Wildman–Crippen LogP) is 2.01. The second-order valence-electron chi connectivity index (χ2n) is 4.44. The first-order chi connectivity index (χ1) is 8.24. The van der Waals surface area contributed by atoms with Crippen molar-refractivity contribution in [3.63, 3.8) is 0 Å². The van der Waals surface area contributed by atoms with Gasteiger partial charge in [-0.2, -0.15) is 0 Å². The molecular formula is C13H19ClN2O. The fourth-order valence-corrected chi connectivity index (χ4v) is 2.25. The second kappa shape index (κ2) is 6.24. The van der Waals surface area contributed by atoms with Crippen LogP contribution in [0.15, 0.2) is 24.3 Å². The molecule has 1 aliphatic rings. The number of ether oxygens (including phenoxy) is 1. The van der Waals surface area contributed by atoms with Crippen LogP contribution < -0.4 is 10.1 Å². The molecule has 1 aliphatic heterocycles. The van der Waals surface area contributed by atoms with Gasteiger partial charge in [-0.15, -0.1) is 0 Å². The van der Waals surface area contributed by atoms with Crippen LogP contribution in [0.1, 0.15) is 6.92 Å². The van der Waals surface area contributed by atoms with E-state index in [0.717, 1.165) is 43.5 Å². The number of hydrogen-bond donors (Lipinski definition) is 1. The summed E-state index contributed by atoms with van der Waals surface area (Å²) in [6.07, 6.45) is 0.187. The highest BCUT2D eigenvalue weighted by Crippen LogP contribution is 2.18. The van der Waals surface area contributed by atoms with Crippen molar-refractivity contribution in [2.75, 3.05) is 32.7 Å². The maximum atomic E-state index is 5.92. The van der Waals surface area contributed by atoms with Gasteiger partial charge in [-0.1, -0.05) is 17.7 Å². The van der Waals surface area contributed by atoms with E-state index in [0.29, 0.717) is 0 Å². The van der Waals surface area contributed by atoms with Crippen molar-refractivity contribution in [2.24, 2.45) is 0 Å². The molecule has 3 nitrogen and oxygen atoms in total. The van der Waals surface area contributed by atoms with E-state index < -0.39 is 0 Å². The van der Waals surface area contributed by atoms with Gasteiger partial charge < -0.3 is 10.1 Å². The number of rotatable bonds is 4. The molecule has 0 spiro atoms. The first-order valence-electron chi connectivity index (χ1n) is 6.09. The third-order valence-corrected chi connectivity index (χ3v) is 3.09. The molecule has 1 saturated heterocycles. The zero-order valence-electron chi connectivity index (χ0n) is 10.2. The van der Waals surface area contributed by atoms with Gasteiger partial charge in [-0.25, -0.2) is 0 Å². The summed E-state index contributed by atoms with van der Waals surface area (Å²) in [7, 11) is 0.